The molecule has 3 aromatic rings. The number of primary amides is 1. The number of benzene rings is 2. The molecule has 2 atom stereocenters. The van der Waals surface area contributed by atoms with Gasteiger partial charge in [-0.05, 0) is 85.6 Å². The molecular formula is C44H57N5O6. The topological polar surface area (TPSA) is 163 Å². The summed E-state index contributed by atoms with van der Waals surface area (Å²) in [5.41, 5.74) is 8.85. The summed E-state index contributed by atoms with van der Waals surface area (Å²) in [6.45, 7) is 6.18. The van der Waals surface area contributed by atoms with Gasteiger partial charge in [-0.3, -0.25) is 24.2 Å². The predicted octanol–water partition coefficient (Wildman–Crippen LogP) is 5.98. The standard InChI is InChI=1S/C19H24N2O2.C19H27NO3.C6H6N2O/c22-18-13-20(19(23)15-7-2-1-3-8-15)12-17-16-9-5-4-6-14(16)10-11-21(17)18;1-13(2)15-8-10-16(11-9-15)18(21)20-17(19(22)23)12-14-6-4-3-5-7-14;7-6(9)5-2-1-3-8-4-5/h4-6,9,15,17H,1-3,7-8,10-13H2;3-7,13,15-17H,8-12H2,1-2H3,(H,20,21)(H,22,23);1-4H,(H2,7,9)/t;15?,16?,17-;/m.1./s1. The number of rotatable bonds is 8. The van der Waals surface area contributed by atoms with Gasteiger partial charge in [-0.15, -0.1) is 0 Å². The highest BCUT2D eigenvalue weighted by atomic mass is 16.4. The molecule has 7 rings (SSSR count). The lowest BCUT2D eigenvalue weighted by Crippen LogP contribution is -2.56. The van der Waals surface area contributed by atoms with Gasteiger partial charge in [0.25, 0.3) is 0 Å². The first-order chi connectivity index (χ1) is 26.5. The third-order valence-corrected chi connectivity index (χ3v) is 11.6. The van der Waals surface area contributed by atoms with E-state index in [1.54, 1.807) is 18.3 Å². The summed E-state index contributed by atoms with van der Waals surface area (Å²) in [6.07, 6.45) is 13.7. The first-order valence-corrected chi connectivity index (χ1v) is 19.9. The second-order valence-corrected chi connectivity index (χ2v) is 15.7. The van der Waals surface area contributed by atoms with Crippen molar-refractivity contribution in [3.63, 3.8) is 0 Å². The quantitative estimate of drug-likeness (QED) is 0.255. The lowest BCUT2D eigenvalue weighted by Gasteiger charge is -2.45. The fraction of sp³-hybridized carbons (Fsp3) is 0.500. The van der Waals surface area contributed by atoms with Crippen molar-refractivity contribution in [3.8, 4) is 0 Å². The number of aliphatic carboxylic acids is 1. The third kappa shape index (κ3) is 11.5. The Labute approximate surface area is 325 Å². The van der Waals surface area contributed by atoms with E-state index in [-0.39, 0.29) is 42.1 Å². The minimum absolute atomic E-state index is 0.0392. The number of hydrogen-bond donors (Lipinski definition) is 3. The Morgan fingerprint density at radius 1 is 0.873 bits per heavy atom. The monoisotopic (exact) mass is 751 g/mol. The van der Waals surface area contributed by atoms with E-state index < -0.39 is 17.9 Å². The minimum Gasteiger partial charge on any atom is -0.480 e. The normalized spacial score (nSPS) is 21.4. The zero-order valence-corrected chi connectivity index (χ0v) is 32.3. The van der Waals surface area contributed by atoms with Crippen LogP contribution in [0.4, 0.5) is 0 Å². The number of aromatic nitrogens is 1. The van der Waals surface area contributed by atoms with Gasteiger partial charge in [0, 0.05) is 43.7 Å². The average molecular weight is 752 g/mol. The van der Waals surface area contributed by atoms with E-state index in [1.165, 1.54) is 23.7 Å². The summed E-state index contributed by atoms with van der Waals surface area (Å²) < 4.78 is 0. The van der Waals surface area contributed by atoms with Crippen LogP contribution in [-0.4, -0.2) is 75.2 Å². The van der Waals surface area contributed by atoms with Crippen molar-refractivity contribution in [2.75, 3.05) is 19.6 Å². The van der Waals surface area contributed by atoms with Crippen molar-refractivity contribution in [2.45, 2.75) is 96.6 Å². The molecule has 1 aromatic heterocycles. The maximum Gasteiger partial charge on any atom is 0.326 e. The summed E-state index contributed by atoms with van der Waals surface area (Å²) in [5.74, 6) is 0.254. The van der Waals surface area contributed by atoms with E-state index in [2.05, 4.69) is 42.3 Å². The number of nitrogens with two attached hydrogens (primary N) is 1. The molecule has 2 saturated carbocycles. The van der Waals surface area contributed by atoms with E-state index >= 15 is 0 Å². The predicted molar refractivity (Wildman–Crippen MR) is 211 cm³/mol. The molecule has 4 N–H and O–H groups in total. The Hall–Kier alpha value is -5.06. The fourth-order valence-electron chi connectivity index (χ4n) is 8.35. The van der Waals surface area contributed by atoms with Gasteiger partial charge in [-0.1, -0.05) is 87.7 Å². The Morgan fingerprint density at radius 3 is 2.18 bits per heavy atom. The van der Waals surface area contributed by atoms with Crippen LogP contribution >= 0.6 is 0 Å². The molecule has 0 spiro atoms. The minimum atomic E-state index is -0.974. The maximum absolute atomic E-state index is 12.8. The molecule has 2 aliphatic carbocycles. The first kappa shape index (κ1) is 41.1. The number of nitrogens with zero attached hydrogens (tertiary/aromatic N) is 3. The second-order valence-electron chi connectivity index (χ2n) is 15.7. The van der Waals surface area contributed by atoms with Crippen LogP contribution in [0.15, 0.2) is 79.1 Å². The number of pyridine rings is 1. The molecule has 2 aliphatic heterocycles. The maximum atomic E-state index is 12.8. The van der Waals surface area contributed by atoms with E-state index in [4.69, 9.17) is 5.73 Å². The van der Waals surface area contributed by atoms with E-state index in [9.17, 15) is 29.1 Å². The third-order valence-electron chi connectivity index (χ3n) is 11.6. The number of fused-ring (bicyclic) bond motifs is 3. The Morgan fingerprint density at radius 2 is 1.56 bits per heavy atom. The number of piperazine rings is 1. The van der Waals surface area contributed by atoms with E-state index in [0.29, 0.717) is 30.4 Å². The van der Waals surface area contributed by atoms with Crippen LogP contribution in [0.2, 0.25) is 0 Å². The largest absolute Gasteiger partial charge is 0.480 e. The summed E-state index contributed by atoms with van der Waals surface area (Å²) in [7, 11) is 0. The molecule has 3 fully saturated rings. The van der Waals surface area contributed by atoms with Crippen molar-refractivity contribution >= 4 is 29.6 Å². The molecule has 294 valence electrons. The Kier molecular flexibility index (Phi) is 15.0. The van der Waals surface area contributed by atoms with Gasteiger partial charge in [0.2, 0.25) is 23.6 Å². The molecule has 1 unspecified atom stereocenters. The van der Waals surface area contributed by atoms with Crippen LogP contribution in [0.1, 0.15) is 105 Å². The van der Waals surface area contributed by atoms with Crippen LogP contribution in [0.5, 0.6) is 0 Å². The molecule has 11 heteroatoms. The smallest absolute Gasteiger partial charge is 0.326 e. The zero-order valence-electron chi connectivity index (χ0n) is 32.3. The van der Waals surface area contributed by atoms with Gasteiger partial charge >= 0.3 is 5.97 Å². The van der Waals surface area contributed by atoms with Gasteiger partial charge in [0.05, 0.1) is 18.2 Å². The van der Waals surface area contributed by atoms with Gasteiger partial charge in [0.1, 0.15) is 6.04 Å². The van der Waals surface area contributed by atoms with Crippen molar-refractivity contribution in [1.82, 2.24) is 20.1 Å². The number of carboxylic acids is 1. The van der Waals surface area contributed by atoms with Crippen molar-refractivity contribution in [2.24, 2.45) is 29.4 Å². The Bertz CT molecular complexity index is 1740. The van der Waals surface area contributed by atoms with Crippen LogP contribution < -0.4 is 11.1 Å². The highest BCUT2D eigenvalue weighted by molar-refractivity contribution is 5.92. The van der Waals surface area contributed by atoms with Crippen LogP contribution in [0.3, 0.4) is 0 Å². The summed E-state index contributed by atoms with van der Waals surface area (Å²) in [6, 6.07) is 20.3. The summed E-state index contributed by atoms with van der Waals surface area (Å²) in [5, 5.41) is 12.1. The molecule has 2 aromatic carbocycles. The van der Waals surface area contributed by atoms with Gasteiger partial charge in [-0.25, -0.2) is 4.79 Å². The highest BCUT2D eigenvalue weighted by Gasteiger charge is 2.40. The van der Waals surface area contributed by atoms with Crippen LogP contribution in [-0.2, 0) is 32.0 Å². The van der Waals surface area contributed by atoms with Crippen LogP contribution in [0, 0.1) is 23.7 Å². The van der Waals surface area contributed by atoms with Gasteiger partial charge in [0.15, 0.2) is 0 Å². The van der Waals surface area contributed by atoms with Gasteiger partial charge < -0.3 is 26.0 Å². The lowest BCUT2D eigenvalue weighted by atomic mass is 9.76. The SMILES string of the molecule is CC(C)C1CCC(C(=O)N[C@H](Cc2ccccc2)C(=O)O)CC1.NC(=O)c1cccnc1.O=C(C1CCCCC1)N1CC(=O)N2CCc3ccccc3C2C1. The molecule has 0 radical (unpaired) electrons. The van der Waals surface area contributed by atoms with E-state index in [0.717, 1.165) is 69.9 Å². The fourth-order valence-corrected chi connectivity index (χ4v) is 8.35. The number of carbonyl (C=O) groups excluding carboxylic acids is 4. The van der Waals surface area contributed by atoms with Crippen LogP contribution in [0.25, 0.3) is 0 Å². The molecular weight excluding hydrogens is 695 g/mol. The van der Waals surface area contributed by atoms with E-state index in [1.807, 2.05) is 46.2 Å². The molecule has 4 amide bonds. The second kappa shape index (κ2) is 20.0. The highest BCUT2D eigenvalue weighted by Crippen LogP contribution is 2.35. The number of carbonyl (C=O) groups is 5. The average Bonchev–Trinajstić information content (AvgIpc) is 3.21. The van der Waals surface area contributed by atoms with Gasteiger partial charge in [-0.2, -0.15) is 0 Å². The number of carboxylic acid groups (broad SMARTS) is 1. The first-order valence-electron chi connectivity index (χ1n) is 19.9. The summed E-state index contributed by atoms with van der Waals surface area (Å²) in [4.78, 5) is 67.2. The van der Waals surface area contributed by atoms with Crippen molar-refractivity contribution < 1.29 is 29.1 Å². The molecule has 3 heterocycles. The molecule has 4 aliphatic rings. The van der Waals surface area contributed by atoms with Crippen molar-refractivity contribution in [3.05, 3.63) is 101 Å². The molecule has 11 nitrogen and oxygen atoms in total. The Balaban J connectivity index is 0.000000173. The molecule has 1 saturated heterocycles. The zero-order chi connectivity index (χ0) is 39.3. The number of hydrogen-bond acceptors (Lipinski definition) is 6. The lowest BCUT2D eigenvalue weighted by molar-refractivity contribution is -0.152. The number of amides is 4. The molecule has 0 bridgehead atoms. The molecule has 55 heavy (non-hydrogen) atoms. The van der Waals surface area contributed by atoms with Crippen molar-refractivity contribution in [1.29, 1.82) is 0 Å². The summed E-state index contributed by atoms with van der Waals surface area (Å²) >= 11 is 0. The number of nitrogens with one attached hydrogen (secondary N) is 1.